The molecule has 11 heteroatoms. The molecule has 0 bridgehead atoms. The van der Waals surface area contributed by atoms with E-state index in [0.29, 0.717) is 49.5 Å². The van der Waals surface area contributed by atoms with Crippen LogP contribution in [0.3, 0.4) is 0 Å². The molecule has 2 aromatic heterocycles. The van der Waals surface area contributed by atoms with Gasteiger partial charge in [-0.1, -0.05) is 12.1 Å². The number of fused-ring (bicyclic) bond motifs is 3. The Labute approximate surface area is 235 Å². The number of hydrogen-bond donors (Lipinski definition) is 1. The maximum atomic E-state index is 13.6. The predicted octanol–water partition coefficient (Wildman–Crippen LogP) is 5.72. The van der Waals surface area contributed by atoms with Gasteiger partial charge in [0.1, 0.15) is 5.41 Å². The van der Waals surface area contributed by atoms with E-state index in [4.69, 9.17) is 5.10 Å². The minimum atomic E-state index is -4.44. The molecule has 1 aliphatic heterocycles. The van der Waals surface area contributed by atoms with Gasteiger partial charge < -0.3 is 15.1 Å². The summed E-state index contributed by atoms with van der Waals surface area (Å²) >= 11 is 0. The molecule has 2 atom stereocenters. The summed E-state index contributed by atoms with van der Waals surface area (Å²) in [5.74, 6) is 0.462. The first-order valence-corrected chi connectivity index (χ1v) is 13.7. The molecule has 41 heavy (non-hydrogen) atoms. The van der Waals surface area contributed by atoms with Gasteiger partial charge in [0, 0.05) is 54.5 Å². The molecular formula is C30H30F3N7O. The summed E-state index contributed by atoms with van der Waals surface area (Å²) in [6.07, 6.45) is 0.219. The predicted molar refractivity (Wildman–Crippen MR) is 149 cm³/mol. The molecule has 1 saturated heterocycles. The van der Waals surface area contributed by atoms with Crippen LogP contribution in [0.15, 0.2) is 48.8 Å². The molecule has 2 fully saturated rings. The van der Waals surface area contributed by atoms with Crippen LogP contribution in [0.25, 0.3) is 16.4 Å². The number of amides is 1. The quantitative estimate of drug-likeness (QED) is 0.335. The highest BCUT2D eigenvalue weighted by atomic mass is 19.4. The van der Waals surface area contributed by atoms with Gasteiger partial charge in [-0.25, -0.2) is 9.50 Å². The van der Waals surface area contributed by atoms with Gasteiger partial charge in [0.05, 0.1) is 17.7 Å². The van der Waals surface area contributed by atoms with Crippen LogP contribution in [0.1, 0.15) is 49.4 Å². The van der Waals surface area contributed by atoms with E-state index in [1.54, 1.807) is 27.9 Å². The van der Waals surface area contributed by atoms with Crippen molar-refractivity contribution in [2.45, 2.75) is 51.9 Å². The van der Waals surface area contributed by atoms with E-state index in [1.165, 1.54) is 13.0 Å². The molecule has 2 aliphatic rings. The molecule has 0 radical (unpaired) electrons. The van der Waals surface area contributed by atoms with Crippen molar-refractivity contribution in [3.8, 4) is 6.07 Å². The van der Waals surface area contributed by atoms with Gasteiger partial charge in [-0.05, 0) is 69.0 Å². The molecule has 4 aromatic rings. The SMILES string of the molecule is Cc1c(C(C)Nc2nn3ccnc3c3ccc(N4CCN(C(=O)C5(C#N)CC5)CC4C)cc23)cccc1C(F)(F)F. The molecule has 1 aliphatic carbocycles. The number of halogens is 3. The normalized spacial score (nSPS) is 19.3. The second kappa shape index (κ2) is 9.65. The van der Waals surface area contributed by atoms with Crippen LogP contribution < -0.4 is 10.2 Å². The van der Waals surface area contributed by atoms with Crippen LogP contribution in [0, 0.1) is 23.7 Å². The fourth-order valence-corrected chi connectivity index (χ4v) is 5.98. The summed E-state index contributed by atoms with van der Waals surface area (Å²) in [5.41, 5.74) is 0.859. The highest BCUT2D eigenvalue weighted by molar-refractivity contribution is 6.02. The fourth-order valence-electron chi connectivity index (χ4n) is 5.98. The van der Waals surface area contributed by atoms with Gasteiger partial charge in [-0.15, -0.1) is 5.10 Å². The van der Waals surface area contributed by atoms with E-state index in [-0.39, 0.29) is 17.5 Å². The molecule has 212 valence electrons. The van der Waals surface area contributed by atoms with Gasteiger partial charge in [0.25, 0.3) is 0 Å². The summed E-state index contributed by atoms with van der Waals surface area (Å²) in [7, 11) is 0. The zero-order valence-electron chi connectivity index (χ0n) is 23.0. The number of imidazole rings is 1. The number of nitrogens with zero attached hydrogens (tertiary/aromatic N) is 6. The van der Waals surface area contributed by atoms with Gasteiger partial charge in [0.15, 0.2) is 11.5 Å². The van der Waals surface area contributed by atoms with Crippen molar-refractivity contribution < 1.29 is 18.0 Å². The standard InChI is InChI=1S/C30H30F3N7O/c1-18-16-38(28(41)29(17-34)9-10-29)13-14-39(18)21-7-8-23-24(15-21)26(37-40-12-11-35-27(23)40)36-20(3)22-5-4-6-25(19(22)2)30(31,32)33/h4-8,11-12,15,18,20H,9-10,13-14,16H2,1-3H3,(H,36,37). The third kappa shape index (κ3) is 4.61. The van der Waals surface area contributed by atoms with Crippen LogP contribution >= 0.6 is 0 Å². The Morgan fingerprint density at radius 1 is 1.20 bits per heavy atom. The summed E-state index contributed by atoms with van der Waals surface area (Å²) in [4.78, 5) is 21.4. The number of carbonyl (C=O) groups excluding carboxylic acids is 1. The molecular weight excluding hydrogens is 531 g/mol. The summed E-state index contributed by atoms with van der Waals surface area (Å²) in [6.45, 7) is 7.04. The van der Waals surface area contributed by atoms with Gasteiger partial charge in [-0.3, -0.25) is 4.79 Å². The van der Waals surface area contributed by atoms with Crippen molar-refractivity contribution in [1.29, 1.82) is 5.26 Å². The van der Waals surface area contributed by atoms with Crippen molar-refractivity contribution in [3.63, 3.8) is 0 Å². The lowest BCUT2D eigenvalue weighted by molar-refractivity contribution is -0.138. The Morgan fingerprint density at radius 3 is 2.66 bits per heavy atom. The van der Waals surface area contributed by atoms with E-state index in [1.807, 2.05) is 25.1 Å². The minimum absolute atomic E-state index is 0.0193. The lowest BCUT2D eigenvalue weighted by Gasteiger charge is -2.42. The van der Waals surface area contributed by atoms with E-state index < -0.39 is 23.2 Å². The number of anilines is 2. The van der Waals surface area contributed by atoms with Crippen molar-refractivity contribution >= 4 is 33.8 Å². The minimum Gasteiger partial charge on any atom is -0.365 e. The lowest BCUT2D eigenvalue weighted by Crippen LogP contribution is -2.55. The first-order valence-electron chi connectivity index (χ1n) is 13.7. The maximum Gasteiger partial charge on any atom is 0.416 e. The Morgan fingerprint density at radius 2 is 1.98 bits per heavy atom. The van der Waals surface area contributed by atoms with Gasteiger partial charge in [-0.2, -0.15) is 18.4 Å². The second-order valence-corrected chi connectivity index (χ2v) is 11.1. The van der Waals surface area contributed by atoms with Crippen molar-refractivity contribution in [3.05, 3.63) is 65.5 Å². The third-order valence-electron chi connectivity index (χ3n) is 8.45. The van der Waals surface area contributed by atoms with Crippen LogP contribution in [0.2, 0.25) is 0 Å². The number of benzene rings is 2. The Hall–Kier alpha value is -4.33. The zero-order chi connectivity index (χ0) is 29.1. The van der Waals surface area contributed by atoms with E-state index in [2.05, 4.69) is 28.2 Å². The number of hydrogen-bond acceptors (Lipinski definition) is 6. The highest BCUT2D eigenvalue weighted by Crippen LogP contribution is 2.47. The molecule has 6 rings (SSSR count). The molecule has 2 aromatic carbocycles. The average Bonchev–Trinajstić information content (AvgIpc) is 3.61. The number of rotatable bonds is 5. The second-order valence-electron chi connectivity index (χ2n) is 11.1. The molecule has 2 unspecified atom stereocenters. The number of piperazine rings is 1. The lowest BCUT2D eigenvalue weighted by atomic mass is 9.97. The first kappa shape index (κ1) is 26.9. The molecule has 0 spiro atoms. The van der Waals surface area contributed by atoms with Gasteiger partial charge in [0.2, 0.25) is 5.91 Å². The third-order valence-corrected chi connectivity index (χ3v) is 8.45. The van der Waals surface area contributed by atoms with Crippen molar-refractivity contribution in [1.82, 2.24) is 19.5 Å². The molecule has 1 N–H and O–H groups in total. The van der Waals surface area contributed by atoms with Crippen LogP contribution in [0.5, 0.6) is 0 Å². The van der Waals surface area contributed by atoms with Crippen LogP contribution in [-0.2, 0) is 11.0 Å². The fraction of sp³-hybridized carbons (Fsp3) is 0.400. The van der Waals surface area contributed by atoms with Crippen molar-refractivity contribution in [2.75, 3.05) is 29.9 Å². The van der Waals surface area contributed by atoms with Gasteiger partial charge >= 0.3 is 6.18 Å². The number of nitriles is 1. The number of alkyl halides is 3. The number of carbonyl (C=O) groups is 1. The summed E-state index contributed by atoms with van der Waals surface area (Å²) in [5, 5.41) is 19.2. The summed E-state index contributed by atoms with van der Waals surface area (Å²) in [6, 6.07) is 12.0. The van der Waals surface area contributed by atoms with Crippen LogP contribution in [-0.4, -0.2) is 51.1 Å². The van der Waals surface area contributed by atoms with Crippen LogP contribution in [0.4, 0.5) is 24.7 Å². The molecule has 8 nitrogen and oxygen atoms in total. The zero-order valence-corrected chi connectivity index (χ0v) is 23.0. The molecule has 1 amide bonds. The molecule has 1 saturated carbocycles. The highest BCUT2D eigenvalue weighted by Gasteiger charge is 2.53. The van der Waals surface area contributed by atoms with Crippen molar-refractivity contribution in [2.24, 2.45) is 5.41 Å². The monoisotopic (exact) mass is 561 g/mol. The molecule has 3 heterocycles. The Balaban J connectivity index is 1.33. The largest absolute Gasteiger partial charge is 0.416 e. The smallest absolute Gasteiger partial charge is 0.365 e. The maximum absolute atomic E-state index is 13.6. The topological polar surface area (TPSA) is 89.6 Å². The van der Waals surface area contributed by atoms with E-state index >= 15 is 0 Å². The number of nitrogens with one attached hydrogen (secondary N) is 1. The summed E-state index contributed by atoms with van der Waals surface area (Å²) < 4.78 is 42.4. The Bertz CT molecular complexity index is 1700. The van der Waals surface area contributed by atoms with E-state index in [0.717, 1.165) is 22.5 Å². The Kier molecular flexibility index (Phi) is 6.32. The first-order chi connectivity index (χ1) is 19.5. The average molecular weight is 562 g/mol. The number of aromatic nitrogens is 3. The van der Waals surface area contributed by atoms with E-state index in [9.17, 15) is 23.2 Å².